The predicted octanol–water partition coefficient (Wildman–Crippen LogP) is 11.7. The largest absolute Gasteiger partial charge is 0.344 e. The van der Waals surface area contributed by atoms with Crippen LogP contribution < -0.4 is 0 Å². The molecule has 0 N–H and O–H groups in total. The maximum Gasteiger partial charge on any atom is 0.344 e. The van der Waals surface area contributed by atoms with E-state index in [1.165, 1.54) is 0 Å². The minimum Gasteiger partial charge on any atom is -0.126 e. The van der Waals surface area contributed by atoms with Crippen LogP contribution in [0.25, 0.3) is 0 Å². The molecule has 0 fully saturated rings. The van der Waals surface area contributed by atoms with E-state index < -0.39 is 57.5 Å². The molecule has 0 spiro atoms. The molecular formula is C16H22Cl12Si4. The monoisotopic (exact) mass is 746 g/mol. The van der Waals surface area contributed by atoms with Crippen molar-refractivity contribution in [3.8, 4) is 0 Å². The van der Waals surface area contributed by atoms with Crippen molar-refractivity contribution < 1.29 is 0 Å². The maximum atomic E-state index is 6.67. The Balaban J connectivity index is 4.27. The second-order valence-corrected chi connectivity index (χ2v) is 44.3. The highest BCUT2D eigenvalue weighted by molar-refractivity contribution is 7.67. The van der Waals surface area contributed by atoms with Gasteiger partial charge in [-0.3, -0.25) is 0 Å². The third-order valence-electron chi connectivity index (χ3n) is 6.35. The molecule has 0 amide bonds. The molecule has 0 saturated heterocycles. The fourth-order valence-corrected chi connectivity index (χ4v) is 14.9. The van der Waals surface area contributed by atoms with E-state index in [1.807, 2.05) is 58.0 Å². The molecule has 1 aromatic rings. The summed E-state index contributed by atoms with van der Waals surface area (Å²) < 4.78 is 0. The summed E-state index contributed by atoms with van der Waals surface area (Å²) in [7, 11) is 0. The molecule has 4 atom stereocenters. The Bertz CT molecular complexity index is 701. The van der Waals surface area contributed by atoms with E-state index in [1.54, 1.807) is 0 Å². The number of benzene rings is 1. The van der Waals surface area contributed by atoms with E-state index in [9.17, 15) is 0 Å². The fourth-order valence-electron chi connectivity index (χ4n) is 4.58. The van der Waals surface area contributed by atoms with Gasteiger partial charge in [-0.15, -0.1) is 133 Å². The molecule has 0 bridgehead atoms. The van der Waals surface area contributed by atoms with Gasteiger partial charge in [0.15, 0.2) is 0 Å². The van der Waals surface area contributed by atoms with Crippen molar-refractivity contribution in [1.29, 1.82) is 0 Å². The van der Waals surface area contributed by atoms with Crippen molar-refractivity contribution in [2.75, 3.05) is 0 Å². The quantitative estimate of drug-likeness (QED) is 0.165. The summed E-state index contributed by atoms with van der Waals surface area (Å²) in [5.74, 6) is -0.556. The second kappa shape index (κ2) is 12.2. The van der Waals surface area contributed by atoms with E-state index in [-0.39, 0.29) is 0 Å². The molecule has 1 rings (SSSR count). The first kappa shape index (κ1) is 33.6. The maximum absolute atomic E-state index is 6.67. The van der Waals surface area contributed by atoms with Gasteiger partial charge in [0.2, 0.25) is 0 Å². The Morgan fingerprint density at radius 3 is 1.09 bits per heavy atom. The SMILES string of the molecule is CC(C(C(C)[Si](Cl)(Cl)Cl)C(c1ccccc1)(C(C)[Si](Cl)(Cl)Cl)C(C)[Si](Cl)(Cl)Cl)[Si](Cl)(Cl)Cl. The number of halogens is 12. The molecule has 0 saturated carbocycles. The Morgan fingerprint density at radius 2 is 0.844 bits per heavy atom. The van der Waals surface area contributed by atoms with Crippen molar-refractivity contribution in [3.05, 3.63) is 35.9 Å². The normalized spacial score (nSPS) is 20.8. The summed E-state index contributed by atoms with van der Waals surface area (Å²) in [4.78, 5) is 0. The summed E-state index contributed by atoms with van der Waals surface area (Å²) in [5.41, 5.74) is -2.43. The predicted molar refractivity (Wildman–Crippen MR) is 163 cm³/mol. The highest BCUT2D eigenvalue weighted by Crippen LogP contribution is 2.68. The summed E-state index contributed by atoms with van der Waals surface area (Å²) in [6.45, 7) is 7.37. The van der Waals surface area contributed by atoms with Gasteiger partial charge in [-0.2, -0.15) is 0 Å². The molecule has 0 aliphatic rings. The van der Waals surface area contributed by atoms with Crippen molar-refractivity contribution in [3.63, 3.8) is 0 Å². The standard InChI is InChI=1S/C16H22Cl12Si4/c1-10(29(17,18)19)15(11(2)30(20,21)22)16(12(3)31(23,24)25,13(4)32(26,27)28)14-8-6-5-7-9-14/h5-13,15H,1-4H3. The molecular weight excluding hydrogens is 730 g/mol. The van der Waals surface area contributed by atoms with Gasteiger partial charge in [0.1, 0.15) is 0 Å². The van der Waals surface area contributed by atoms with Crippen LogP contribution in [0.3, 0.4) is 0 Å². The van der Waals surface area contributed by atoms with Crippen molar-refractivity contribution >= 4 is 157 Å². The average molecular weight is 752 g/mol. The molecule has 0 aliphatic carbocycles. The lowest BCUT2D eigenvalue weighted by molar-refractivity contribution is 0.228. The summed E-state index contributed by atoms with van der Waals surface area (Å²) in [5, 5.41) is 0. The Morgan fingerprint density at radius 1 is 0.531 bits per heavy atom. The van der Waals surface area contributed by atoms with Gasteiger partial charge in [0.05, 0.1) is 0 Å². The van der Waals surface area contributed by atoms with E-state index in [2.05, 4.69) is 0 Å². The number of hydrogen-bond donors (Lipinski definition) is 0. The van der Waals surface area contributed by atoms with Crippen LogP contribution in [0.1, 0.15) is 33.3 Å². The van der Waals surface area contributed by atoms with E-state index >= 15 is 0 Å². The summed E-state index contributed by atoms with van der Waals surface area (Å²) in [6.07, 6.45) is 0. The molecule has 0 aliphatic heterocycles. The van der Waals surface area contributed by atoms with Gasteiger partial charge >= 0.3 is 24.0 Å². The highest BCUT2D eigenvalue weighted by atomic mass is 35.9. The lowest BCUT2D eigenvalue weighted by atomic mass is 9.63. The molecule has 4 unspecified atom stereocenters. The third kappa shape index (κ3) is 7.80. The summed E-state index contributed by atoms with van der Waals surface area (Å²) in [6, 6.07) is -4.24. The van der Waals surface area contributed by atoms with Gasteiger partial charge in [0, 0.05) is 16.5 Å². The van der Waals surface area contributed by atoms with Gasteiger partial charge in [-0.25, -0.2) is 0 Å². The average Bonchev–Trinajstić information content (AvgIpc) is 2.61. The Labute approximate surface area is 251 Å². The van der Waals surface area contributed by atoms with E-state index in [4.69, 9.17) is 133 Å². The van der Waals surface area contributed by atoms with Crippen LogP contribution in [0.4, 0.5) is 0 Å². The zero-order chi connectivity index (χ0) is 25.5. The Kier molecular flexibility index (Phi) is 12.8. The van der Waals surface area contributed by atoms with Crippen LogP contribution in [0, 0.1) is 5.92 Å². The Hall–Kier alpha value is 3.57. The molecule has 0 heterocycles. The molecule has 186 valence electrons. The fraction of sp³-hybridized carbons (Fsp3) is 0.625. The van der Waals surface area contributed by atoms with Crippen molar-refractivity contribution in [2.45, 2.75) is 55.3 Å². The molecule has 1 aromatic carbocycles. The molecule has 0 radical (unpaired) electrons. The minimum atomic E-state index is -3.46. The first-order chi connectivity index (χ1) is 14.1. The lowest BCUT2D eigenvalue weighted by Gasteiger charge is -2.57. The smallest absolute Gasteiger partial charge is 0.126 e. The molecule has 16 heteroatoms. The summed E-state index contributed by atoms with van der Waals surface area (Å²) >= 11 is 79.6. The van der Waals surface area contributed by atoms with Gasteiger partial charge in [0.25, 0.3) is 0 Å². The topological polar surface area (TPSA) is 0 Å². The van der Waals surface area contributed by atoms with Crippen molar-refractivity contribution in [2.24, 2.45) is 5.92 Å². The lowest BCUT2D eigenvalue weighted by Crippen LogP contribution is -2.56. The van der Waals surface area contributed by atoms with Crippen LogP contribution in [0.15, 0.2) is 30.3 Å². The zero-order valence-corrected chi connectivity index (χ0v) is 30.4. The van der Waals surface area contributed by atoms with Crippen LogP contribution in [0.2, 0.25) is 22.2 Å². The first-order valence-corrected chi connectivity index (χ1v) is 29.9. The zero-order valence-electron chi connectivity index (χ0n) is 17.3. The minimum absolute atomic E-state index is 0.515. The van der Waals surface area contributed by atoms with Crippen LogP contribution in [-0.2, 0) is 5.41 Å². The van der Waals surface area contributed by atoms with E-state index in [0.29, 0.717) is 0 Å². The number of rotatable bonds is 10. The molecule has 0 nitrogen and oxygen atoms in total. The first-order valence-electron chi connectivity index (χ1n) is 9.43. The molecule has 0 aromatic heterocycles. The number of hydrogen-bond acceptors (Lipinski definition) is 0. The van der Waals surface area contributed by atoms with Gasteiger partial charge in [-0.05, 0) is 22.6 Å². The van der Waals surface area contributed by atoms with Gasteiger partial charge < -0.3 is 0 Å². The highest BCUT2D eigenvalue weighted by Gasteiger charge is 2.66. The van der Waals surface area contributed by atoms with Gasteiger partial charge in [-0.1, -0.05) is 58.0 Å². The van der Waals surface area contributed by atoms with Crippen LogP contribution >= 0.6 is 133 Å². The molecule has 32 heavy (non-hydrogen) atoms. The van der Waals surface area contributed by atoms with E-state index in [0.717, 1.165) is 5.56 Å². The second-order valence-electron chi connectivity index (χ2n) is 8.01. The van der Waals surface area contributed by atoms with Crippen molar-refractivity contribution in [1.82, 2.24) is 0 Å². The third-order valence-corrected chi connectivity index (χ3v) is 24.1. The van der Waals surface area contributed by atoms with Crippen LogP contribution in [0.5, 0.6) is 0 Å². The van der Waals surface area contributed by atoms with Crippen LogP contribution in [-0.4, -0.2) is 24.0 Å².